The summed E-state index contributed by atoms with van der Waals surface area (Å²) in [6, 6.07) is 11.5. The van der Waals surface area contributed by atoms with Crippen LogP contribution in [0.25, 0.3) is 6.08 Å². The van der Waals surface area contributed by atoms with Gasteiger partial charge in [-0.15, -0.1) is 0 Å². The Kier molecular flexibility index (Phi) is 5.37. The average Bonchev–Trinajstić information content (AvgIpc) is 3.21. The number of ether oxygens (including phenoxy) is 2. The molecule has 0 radical (unpaired) electrons. The summed E-state index contributed by atoms with van der Waals surface area (Å²) in [5.41, 5.74) is 2.55. The number of likely N-dealkylation sites (N-methyl/N-ethyl adjacent to an activating group) is 2. The van der Waals surface area contributed by atoms with Crippen molar-refractivity contribution in [2.45, 2.75) is 56.2 Å². The summed E-state index contributed by atoms with van der Waals surface area (Å²) >= 11 is 0. The minimum absolute atomic E-state index is 0.0678. The normalized spacial score (nSPS) is 30.0. The molecule has 1 N–H and O–H groups in total. The van der Waals surface area contributed by atoms with Crippen molar-refractivity contribution in [1.29, 1.82) is 0 Å². The molecule has 1 saturated carbocycles. The van der Waals surface area contributed by atoms with Gasteiger partial charge in [-0.25, -0.2) is 0 Å². The fraction of sp³-hybridized carbons (Fsp3) is 0.448. The molecule has 2 aliphatic heterocycles. The second-order valence-electron chi connectivity index (χ2n) is 10.7. The van der Waals surface area contributed by atoms with Crippen LogP contribution in [-0.2, 0) is 21.4 Å². The summed E-state index contributed by atoms with van der Waals surface area (Å²) in [6.45, 7) is 2.27. The van der Waals surface area contributed by atoms with Crippen LogP contribution < -0.4 is 9.47 Å². The largest absolute Gasteiger partial charge is 0.508 e. The van der Waals surface area contributed by atoms with E-state index in [9.17, 15) is 14.7 Å². The van der Waals surface area contributed by atoms with Crippen molar-refractivity contribution in [3.8, 4) is 17.2 Å². The standard InChI is InChI=1S/C29H32N2O5/c1-17(32)35-24-16-23(33)19-15-22-20-10-11-21(31(3)25(34)12-9-18-7-5-4-6-8-18)28-29(20,13-14-30(22)2)26(19)27(24)36-28/h4-9,12,16,20-22,28,33H,10-11,13-15H2,1-3H3/t20-,21-,22+,28-,29-/m0/s1. The van der Waals surface area contributed by atoms with Gasteiger partial charge in [-0.1, -0.05) is 30.3 Å². The third-order valence-corrected chi connectivity index (χ3v) is 8.97. The zero-order valence-corrected chi connectivity index (χ0v) is 20.9. The predicted molar refractivity (Wildman–Crippen MR) is 135 cm³/mol. The number of piperidine rings is 1. The number of likely N-dealkylation sites (tertiary alicyclic amines) is 1. The van der Waals surface area contributed by atoms with Crippen LogP contribution >= 0.6 is 0 Å². The van der Waals surface area contributed by atoms with Crippen molar-refractivity contribution in [3.05, 3.63) is 59.2 Å². The molecule has 2 aromatic carbocycles. The van der Waals surface area contributed by atoms with E-state index in [0.29, 0.717) is 17.7 Å². The van der Waals surface area contributed by atoms with E-state index < -0.39 is 5.97 Å². The zero-order valence-electron chi connectivity index (χ0n) is 20.9. The van der Waals surface area contributed by atoms with Crippen LogP contribution in [0.15, 0.2) is 42.5 Å². The maximum Gasteiger partial charge on any atom is 0.308 e. The number of rotatable bonds is 4. The van der Waals surface area contributed by atoms with Crippen molar-refractivity contribution in [3.63, 3.8) is 0 Å². The minimum atomic E-state index is -0.454. The summed E-state index contributed by atoms with van der Waals surface area (Å²) in [7, 11) is 4.01. The molecule has 2 bridgehead atoms. The quantitative estimate of drug-likeness (QED) is 0.403. The maximum atomic E-state index is 13.3. The van der Waals surface area contributed by atoms with E-state index in [1.165, 1.54) is 13.0 Å². The number of carbonyl (C=O) groups is 2. The van der Waals surface area contributed by atoms with Gasteiger partial charge in [-0.2, -0.15) is 0 Å². The highest BCUT2D eigenvalue weighted by molar-refractivity contribution is 5.92. The van der Waals surface area contributed by atoms with Crippen molar-refractivity contribution in [2.75, 3.05) is 20.6 Å². The van der Waals surface area contributed by atoms with Crippen molar-refractivity contribution >= 4 is 18.0 Å². The number of benzene rings is 2. The van der Waals surface area contributed by atoms with E-state index in [1.807, 2.05) is 48.4 Å². The lowest BCUT2D eigenvalue weighted by atomic mass is 9.51. The lowest BCUT2D eigenvalue weighted by Crippen LogP contribution is -2.68. The maximum absolute atomic E-state index is 13.3. The van der Waals surface area contributed by atoms with Crippen LogP contribution in [0.5, 0.6) is 17.2 Å². The highest BCUT2D eigenvalue weighted by Gasteiger charge is 2.66. The first-order valence-electron chi connectivity index (χ1n) is 12.8. The molecule has 2 fully saturated rings. The number of esters is 1. The Morgan fingerprint density at radius 3 is 2.78 bits per heavy atom. The third kappa shape index (κ3) is 3.29. The average molecular weight is 489 g/mol. The number of carbonyl (C=O) groups excluding carboxylic acids is 2. The smallest absolute Gasteiger partial charge is 0.308 e. The molecule has 7 heteroatoms. The van der Waals surface area contributed by atoms with Crippen molar-refractivity contribution in [2.24, 2.45) is 5.92 Å². The van der Waals surface area contributed by atoms with Gasteiger partial charge < -0.3 is 24.4 Å². The molecule has 2 heterocycles. The summed E-state index contributed by atoms with van der Waals surface area (Å²) in [6.07, 6.45) is 6.62. The molecule has 188 valence electrons. The highest BCUT2D eigenvalue weighted by atomic mass is 16.6. The van der Waals surface area contributed by atoms with Crippen LogP contribution in [0.4, 0.5) is 0 Å². The Labute approximate surface area is 211 Å². The Bertz CT molecular complexity index is 1260. The van der Waals surface area contributed by atoms with Gasteiger partial charge in [0.05, 0.1) is 6.04 Å². The SMILES string of the molecule is CC(=O)Oc1cc(O)c2c3c1O[C@H]1[C@@H](N(C)C(=O)C=Cc4ccccc4)CC[C@H]4[C@@H](C2)N(C)CC[C@@]341. The number of phenols is 1. The summed E-state index contributed by atoms with van der Waals surface area (Å²) in [4.78, 5) is 29.4. The molecule has 0 unspecified atom stereocenters. The van der Waals surface area contributed by atoms with Crippen LogP contribution in [0, 0.1) is 5.92 Å². The van der Waals surface area contributed by atoms with Gasteiger partial charge in [0.25, 0.3) is 0 Å². The van der Waals surface area contributed by atoms with Gasteiger partial charge in [0, 0.05) is 48.7 Å². The number of hydrogen-bond acceptors (Lipinski definition) is 6. The predicted octanol–water partition coefficient (Wildman–Crippen LogP) is 3.53. The number of phenolic OH excluding ortho intramolecular Hbond substituents is 1. The monoisotopic (exact) mass is 488 g/mol. The number of aromatic hydroxyl groups is 1. The number of amides is 1. The molecule has 36 heavy (non-hydrogen) atoms. The summed E-state index contributed by atoms with van der Waals surface area (Å²) < 4.78 is 12.2. The van der Waals surface area contributed by atoms with Gasteiger partial charge in [-0.05, 0) is 56.8 Å². The van der Waals surface area contributed by atoms with E-state index in [1.54, 1.807) is 6.08 Å². The van der Waals surface area contributed by atoms with Gasteiger partial charge in [0.2, 0.25) is 5.91 Å². The fourth-order valence-corrected chi connectivity index (χ4v) is 7.40. The van der Waals surface area contributed by atoms with E-state index in [0.717, 1.165) is 48.9 Å². The molecular formula is C29H32N2O5. The minimum Gasteiger partial charge on any atom is -0.508 e. The number of hydrogen-bond donors (Lipinski definition) is 1. The van der Waals surface area contributed by atoms with Gasteiger partial charge >= 0.3 is 5.97 Å². The van der Waals surface area contributed by atoms with Crippen LogP contribution in [-0.4, -0.2) is 65.6 Å². The molecule has 4 aliphatic rings. The lowest BCUT2D eigenvalue weighted by molar-refractivity contribution is -0.134. The van der Waals surface area contributed by atoms with Crippen molar-refractivity contribution in [1.82, 2.24) is 9.80 Å². The first-order chi connectivity index (χ1) is 17.3. The second-order valence-corrected chi connectivity index (χ2v) is 10.7. The fourth-order valence-electron chi connectivity index (χ4n) is 7.40. The number of nitrogens with zero attached hydrogens (tertiary/aromatic N) is 2. The third-order valence-electron chi connectivity index (χ3n) is 8.97. The molecular weight excluding hydrogens is 456 g/mol. The Hall–Kier alpha value is -3.32. The van der Waals surface area contributed by atoms with Gasteiger partial charge in [0.1, 0.15) is 11.9 Å². The Morgan fingerprint density at radius 2 is 2.03 bits per heavy atom. The zero-order chi connectivity index (χ0) is 25.2. The van der Waals surface area contributed by atoms with Gasteiger partial charge in [-0.3, -0.25) is 9.59 Å². The lowest BCUT2D eigenvalue weighted by Gasteiger charge is -2.59. The van der Waals surface area contributed by atoms with Crippen LogP contribution in [0.2, 0.25) is 0 Å². The molecule has 1 amide bonds. The Morgan fingerprint density at radius 1 is 1.25 bits per heavy atom. The summed E-state index contributed by atoms with van der Waals surface area (Å²) in [5, 5.41) is 11.0. The molecule has 1 spiro atoms. The van der Waals surface area contributed by atoms with E-state index in [2.05, 4.69) is 11.9 Å². The summed E-state index contributed by atoms with van der Waals surface area (Å²) in [5.74, 6) is 0.831. The van der Waals surface area contributed by atoms with Crippen LogP contribution in [0.3, 0.4) is 0 Å². The van der Waals surface area contributed by atoms with E-state index in [4.69, 9.17) is 9.47 Å². The highest BCUT2D eigenvalue weighted by Crippen LogP contribution is 2.65. The molecule has 0 aromatic heterocycles. The van der Waals surface area contributed by atoms with Crippen LogP contribution in [0.1, 0.15) is 42.9 Å². The topological polar surface area (TPSA) is 79.3 Å². The first-order valence-corrected chi connectivity index (χ1v) is 12.8. The Balaban J connectivity index is 1.41. The molecule has 5 atom stereocenters. The van der Waals surface area contributed by atoms with E-state index in [-0.39, 0.29) is 35.0 Å². The van der Waals surface area contributed by atoms with Crippen molar-refractivity contribution < 1.29 is 24.2 Å². The molecule has 1 saturated heterocycles. The first kappa shape index (κ1) is 23.1. The van der Waals surface area contributed by atoms with E-state index >= 15 is 0 Å². The molecule has 2 aliphatic carbocycles. The molecule has 7 nitrogen and oxygen atoms in total. The second kappa shape index (κ2) is 8.37. The van der Waals surface area contributed by atoms with Gasteiger partial charge in [0.15, 0.2) is 11.5 Å². The molecule has 6 rings (SSSR count). The molecule has 2 aromatic rings.